The van der Waals surface area contributed by atoms with Crippen molar-refractivity contribution in [3.63, 3.8) is 0 Å². The predicted octanol–water partition coefficient (Wildman–Crippen LogP) is 2.67. The van der Waals surface area contributed by atoms with Crippen LogP contribution >= 0.6 is 0 Å². The second kappa shape index (κ2) is 6.55. The second-order valence-electron chi connectivity index (χ2n) is 6.89. The van der Waals surface area contributed by atoms with Gasteiger partial charge in [0, 0.05) is 18.6 Å². The van der Waals surface area contributed by atoms with Crippen LogP contribution in [0, 0.1) is 11.8 Å². The molecule has 1 aliphatic carbocycles. The molecule has 0 amide bonds. The number of morpholine rings is 1. The maximum Gasteiger partial charge on any atom is 0.0746 e. The quantitative estimate of drug-likeness (QED) is 0.851. The van der Waals surface area contributed by atoms with Gasteiger partial charge in [0.15, 0.2) is 0 Å². The minimum atomic E-state index is -0.205. The number of ether oxygens (including phenoxy) is 1. The minimum Gasteiger partial charge on any atom is -0.391 e. The van der Waals surface area contributed by atoms with Gasteiger partial charge in [-0.3, -0.25) is 4.90 Å². The molecule has 0 aromatic heterocycles. The largest absolute Gasteiger partial charge is 0.391 e. The number of hydrogen-bond acceptors (Lipinski definition) is 3. The molecule has 19 heavy (non-hydrogen) atoms. The van der Waals surface area contributed by atoms with Crippen LogP contribution in [-0.4, -0.2) is 48.0 Å². The highest BCUT2D eigenvalue weighted by Crippen LogP contribution is 2.37. The zero-order valence-electron chi connectivity index (χ0n) is 12.9. The van der Waals surface area contributed by atoms with Crippen molar-refractivity contribution in [2.75, 3.05) is 26.3 Å². The highest BCUT2D eigenvalue weighted by molar-refractivity contribution is 4.94. The van der Waals surface area contributed by atoms with E-state index in [9.17, 15) is 5.11 Å². The first kappa shape index (κ1) is 15.3. The standard InChI is InChI=1S/C16H31NO2/c1-4-13-5-7-14(8-6-13)15(18)16(2,3)17-9-11-19-12-10-17/h13-15,18H,4-12H2,1-3H3. The fourth-order valence-corrected chi connectivity index (χ4v) is 3.82. The summed E-state index contributed by atoms with van der Waals surface area (Å²) in [6.45, 7) is 10.2. The van der Waals surface area contributed by atoms with Crippen molar-refractivity contribution in [2.24, 2.45) is 11.8 Å². The summed E-state index contributed by atoms with van der Waals surface area (Å²) in [5, 5.41) is 10.8. The Morgan fingerprint density at radius 1 is 1.16 bits per heavy atom. The molecule has 2 aliphatic rings. The summed E-state index contributed by atoms with van der Waals surface area (Å²) in [5.74, 6) is 1.38. The summed E-state index contributed by atoms with van der Waals surface area (Å²) < 4.78 is 5.43. The van der Waals surface area contributed by atoms with E-state index in [4.69, 9.17) is 4.74 Å². The van der Waals surface area contributed by atoms with Gasteiger partial charge >= 0.3 is 0 Å². The highest BCUT2D eigenvalue weighted by Gasteiger charge is 2.40. The number of nitrogens with zero attached hydrogens (tertiary/aromatic N) is 1. The molecule has 1 saturated heterocycles. The molecule has 0 spiro atoms. The number of aliphatic hydroxyl groups excluding tert-OH is 1. The summed E-state index contributed by atoms with van der Waals surface area (Å²) in [6.07, 6.45) is 6.11. The summed E-state index contributed by atoms with van der Waals surface area (Å²) in [6, 6.07) is 0. The van der Waals surface area contributed by atoms with Crippen molar-refractivity contribution in [3.8, 4) is 0 Å². The van der Waals surface area contributed by atoms with Crippen LogP contribution in [0.4, 0.5) is 0 Å². The molecule has 2 rings (SSSR count). The molecule has 0 bridgehead atoms. The van der Waals surface area contributed by atoms with Crippen molar-refractivity contribution in [1.82, 2.24) is 4.90 Å². The smallest absolute Gasteiger partial charge is 0.0746 e. The fraction of sp³-hybridized carbons (Fsp3) is 1.00. The maximum absolute atomic E-state index is 10.8. The van der Waals surface area contributed by atoms with E-state index < -0.39 is 0 Å². The van der Waals surface area contributed by atoms with Crippen molar-refractivity contribution in [1.29, 1.82) is 0 Å². The van der Waals surface area contributed by atoms with Gasteiger partial charge in [0.05, 0.1) is 19.3 Å². The van der Waals surface area contributed by atoms with Gasteiger partial charge in [-0.15, -0.1) is 0 Å². The van der Waals surface area contributed by atoms with Crippen molar-refractivity contribution in [2.45, 2.75) is 64.5 Å². The zero-order chi connectivity index (χ0) is 13.9. The number of hydrogen-bond donors (Lipinski definition) is 1. The molecular weight excluding hydrogens is 238 g/mol. The Morgan fingerprint density at radius 3 is 2.26 bits per heavy atom. The zero-order valence-corrected chi connectivity index (χ0v) is 12.9. The molecule has 3 heteroatoms. The Morgan fingerprint density at radius 2 is 1.74 bits per heavy atom. The Balaban J connectivity index is 1.92. The van der Waals surface area contributed by atoms with Crippen LogP contribution < -0.4 is 0 Å². The fourth-order valence-electron chi connectivity index (χ4n) is 3.82. The van der Waals surface area contributed by atoms with E-state index in [2.05, 4.69) is 25.7 Å². The Kier molecular flexibility index (Phi) is 5.27. The molecular formula is C16H31NO2. The predicted molar refractivity (Wildman–Crippen MR) is 78.2 cm³/mol. The molecule has 2 fully saturated rings. The summed E-state index contributed by atoms with van der Waals surface area (Å²) in [7, 11) is 0. The first-order valence-corrected chi connectivity index (χ1v) is 8.06. The van der Waals surface area contributed by atoms with Crippen LogP contribution in [0.5, 0.6) is 0 Å². The van der Waals surface area contributed by atoms with Gasteiger partial charge < -0.3 is 9.84 Å². The van der Waals surface area contributed by atoms with Gasteiger partial charge in [0.1, 0.15) is 0 Å². The Hall–Kier alpha value is -0.120. The lowest BCUT2D eigenvalue weighted by molar-refractivity contribution is -0.0867. The second-order valence-corrected chi connectivity index (χ2v) is 6.89. The number of aliphatic hydroxyl groups is 1. The van der Waals surface area contributed by atoms with Crippen LogP contribution in [0.2, 0.25) is 0 Å². The third-order valence-corrected chi connectivity index (χ3v) is 5.47. The first-order valence-electron chi connectivity index (χ1n) is 8.06. The van der Waals surface area contributed by atoms with Crippen LogP contribution in [0.15, 0.2) is 0 Å². The molecule has 0 aromatic carbocycles. The molecule has 3 nitrogen and oxygen atoms in total. The van der Waals surface area contributed by atoms with Gasteiger partial charge in [-0.2, -0.15) is 0 Å². The Labute approximate surface area is 118 Å². The van der Waals surface area contributed by atoms with Crippen LogP contribution in [0.3, 0.4) is 0 Å². The van der Waals surface area contributed by atoms with Crippen molar-refractivity contribution >= 4 is 0 Å². The SMILES string of the molecule is CCC1CCC(C(O)C(C)(C)N2CCOCC2)CC1. The van der Waals surface area contributed by atoms with Gasteiger partial charge in [0.2, 0.25) is 0 Å². The van der Waals surface area contributed by atoms with E-state index in [-0.39, 0.29) is 11.6 Å². The van der Waals surface area contributed by atoms with E-state index in [1.54, 1.807) is 0 Å². The molecule has 1 atom stereocenters. The maximum atomic E-state index is 10.8. The molecule has 1 heterocycles. The molecule has 1 aliphatic heterocycles. The van der Waals surface area contributed by atoms with Crippen LogP contribution in [0.25, 0.3) is 0 Å². The van der Waals surface area contributed by atoms with Crippen LogP contribution in [0.1, 0.15) is 52.9 Å². The normalized spacial score (nSPS) is 32.2. The number of rotatable bonds is 4. The summed E-state index contributed by atoms with van der Waals surface area (Å²) in [4.78, 5) is 2.41. The van der Waals surface area contributed by atoms with E-state index in [0.717, 1.165) is 32.2 Å². The van der Waals surface area contributed by atoms with E-state index >= 15 is 0 Å². The lowest BCUT2D eigenvalue weighted by atomic mass is 9.73. The van der Waals surface area contributed by atoms with Crippen molar-refractivity contribution < 1.29 is 9.84 Å². The lowest BCUT2D eigenvalue weighted by Crippen LogP contribution is -2.58. The molecule has 112 valence electrons. The average molecular weight is 269 g/mol. The average Bonchev–Trinajstić information content (AvgIpc) is 2.47. The minimum absolute atomic E-state index is 0.118. The van der Waals surface area contributed by atoms with Gasteiger partial charge in [-0.05, 0) is 38.5 Å². The van der Waals surface area contributed by atoms with Gasteiger partial charge in [0.25, 0.3) is 0 Å². The summed E-state index contributed by atoms with van der Waals surface area (Å²) in [5.41, 5.74) is -0.118. The molecule has 1 unspecified atom stereocenters. The first-order chi connectivity index (χ1) is 9.05. The van der Waals surface area contributed by atoms with E-state index in [1.165, 1.54) is 32.1 Å². The van der Waals surface area contributed by atoms with E-state index in [0.29, 0.717) is 5.92 Å². The molecule has 0 aromatic rings. The van der Waals surface area contributed by atoms with Crippen LogP contribution in [-0.2, 0) is 4.74 Å². The topological polar surface area (TPSA) is 32.7 Å². The highest BCUT2D eigenvalue weighted by atomic mass is 16.5. The molecule has 0 radical (unpaired) electrons. The monoisotopic (exact) mass is 269 g/mol. The van der Waals surface area contributed by atoms with Crippen molar-refractivity contribution in [3.05, 3.63) is 0 Å². The van der Waals surface area contributed by atoms with Gasteiger partial charge in [-0.25, -0.2) is 0 Å². The third kappa shape index (κ3) is 3.50. The summed E-state index contributed by atoms with van der Waals surface area (Å²) >= 11 is 0. The van der Waals surface area contributed by atoms with E-state index in [1.807, 2.05) is 0 Å². The molecule has 1 N–H and O–H groups in total. The third-order valence-electron chi connectivity index (χ3n) is 5.47. The lowest BCUT2D eigenvalue weighted by Gasteiger charge is -2.47. The Bertz CT molecular complexity index is 266. The molecule has 1 saturated carbocycles. The van der Waals surface area contributed by atoms with Gasteiger partial charge in [-0.1, -0.05) is 26.2 Å².